The lowest BCUT2D eigenvalue weighted by molar-refractivity contribution is -0.139. The van der Waals surface area contributed by atoms with Crippen LogP contribution >= 0.6 is 11.8 Å². The third kappa shape index (κ3) is 4.46. The summed E-state index contributed by atoms with van der Waals surface area (Å²) in [6.45, 7) is 3.73. The summed E-state index contributed by atoms with van der Waals surface area (Å²) in [5.41, 5.74) is 2.46. The van der Waals surface area contributed by atoms with Crippen LogP contribution in [0.25, 0.3) is 0 Å². The van der Waals surface area contributed by atoms with Crippen LogP contribution in [-0.4, -0.2) is 27.3 Å². The quantitative estimate of drug-likeness (QED) is 0.441. The Hall–Kier alpha value is -3.20. The molecule has 0 aliphatic carbocycles. The summed E-state index contributed by atoms with van der Waals surface area (Å²) in [7, 11) is 0. The van der Waals surface area contributed by atoms with Gasteiger partial charge in [-0.25, -0.2) is 18.3 Å². The molecule has 1 N–H and O–H groups in total. The first-order chi connectivity index (χ1) is 15.0. The lowest BCUT2D eigenvalue weighted by atomic mass is 9.96. The third-order valence-electron chi connectivity index (χ3n) is 4.77. The lowest BCUT2D eigenvalue weighted by Gasteiger charge is -2.28. The van der Waals surface area contributed by atoms with E-state index in [0.29, 0.717) is 33.7 Å². The molecule has 31 heavy (non-hydrogen) atoms. The van der Waals surface area contributed by atoms with Crippen LogP contribution in [0.4, 0.5) is 14.7 Å². The van der Waals surface area contributed by atoms with E-state index in [9.17, 15) is 13.6 Å². The zero-order valence-electron chi connectivity index (χ0n) is 16.9. The maximum Gasteiger partial charge on any atom is 0.338 e. The van der Waals surface area contributed by atoms with E-state index in [1.165, 1.54) is 36.0 Å². The van der Waals surface area contributed by atoms with E-state index in [4.69, 9.17) is 4.74 Å². The number of anilines is 1. The number of hydrogen-bond donors (Lipinski definition) is 1. The predicted molar refractivity (Wildman–Crippen MR) is 113 cm³/mol. The number of ether oxygens (including phenoxy) is 1. The van der Waals surface area contributed by atoms with Gasteiger partial charge in [-0.05, 0) is 49.2 Å². The van der Waals surface area contributed by atoms with Crippen LogP contribution < -0.4 is 5.32 Å². The molecule has 1 unspecified atom stereocenters. The molecule has 2 heterocycles. The fraction of sp³-hybridized carbons (Fsp3) is 0.227. The molecule has 1 aliphatic heterocycles. The van der Waals surface area contributed by atoms with Gasteiger partial charge in [-0.1, -0.05) is 36.0 Å². The van der Waals surface area contributed by atoms with Crippen molar-refractivity contribution in [3.8, 4) is 0 Å². The van der Waals surface area contributed by atoms with Crippen LogP contribution in [0.3, 0.4) is 0 Å². The molecule has 0 amide bonds. The van der Waals surface area contributed by atoms with Gasteiger partial charge in [0.2, 0.25) is 11.1 Å². The first-order valence-corrected chi connectivity index (χ1v) is 10.7. The van der Waals surface area contributed by atoms with Crippen molar-refractivity contribution in [3.63, 3.8) is 0 Å². The molecule has 9 heteroatoms. The maximum absolute atomic E-state index is 13.5. The van der Waals surface area contributed by atoms with Crippen molar-refractivity contribution in [2.24, 2.45) is 0 Å². The number of hydrogen-bond acceptors (Lipinski definition) is 6. The van der Waals surface area contributed by atoms with Gasteiger partial charge in [-0.15, -0.1) is 5.10 Å². The Morgan fingerprint density at radius 2 is 1.97 bits per heavy atom. The molecule has 0 fully saturated rings. The van der Waals surface area contributed by atoms with Crippen LogP contribution in [0.2, 0.25) is 0 Å². The van der Waals surface area contributed by atoms with Gasteiger partial charge in [0.15, 0.2) is 0 Å². The number of allylic oxidation sites excluding steroid dienone is 1. The molecule has 1 atom stereocenters. The highest BCUT2D eigenvalue weighted by molar-refractivity contribution is 7.98. The normalized spacial score (nSPS) is 15.4. The molecular formula is C22H20F2N4O2S. The van der Waals surface area contributed by atoms with Crippen LogP contribution in [0, 0.1) is 11.6 Å². The molecule has 1 aromatic heterocycles. The summed E-state index contributed by atoms with van der Waals surface area (Å²) in [4.78, 5) is 17.2. The Morgan fingerprint density at radius 3 is 2.68 bits per heavy atom. The van der Waals surface area contributed by atoms with Gasteiger partial charge in [-0.3, -0.25) is 0 Å². The second-order valence-corrected chi connectivity index (χ2v) is 7.86. The number of halogens is 2. The SMILES string of the molecule is CCOC(=O)C1=C(C)Nc2nc(SCc3cccc(F)c3)nn2C1c1ccc(F)cc1. The van der Waals surface area contributed by atoms with Gasteiger partial charge in [0.25, 0.3) is 0 Å². The molecule has 0 saturated carbocycles. The van der Waals surface area contributed by atoms with E-state index in [2.05, 4.69) is 15.4 Å². The molecule has 160 valence electrons. The number of nitrogens with zero attached hydrogens (tertiary/aromatic N) is 3. The zero-order valence-corrected chi connectivity index (χ0v) is 17.7. The number of thioether (sulfide) groups is 1. The van der Waals surface area contributed by atoms with Gasteiger partial charge >= 0.3 is 5.97 Å². The maximum atomic E-state index is 13.5. The van der Waals surface area contributed by atoms with E-state index in [1.807, 2.05) is 6.07 Å². The predicted octanol–water partition coefficient (Wildman–Crippen LogP) is 4.70. The van der Waals surface area contributed by atoms with E-state index in [1.54, 1.807) is 36.7 Å². The van der Waals surface area contributed by atoms with Crippen LogP contribution in [0.15, 0.2) is 65.0 Å². The Balaban J connectivity index is 1.68. The van der Waals surface area contributed by atoms with Crippen molar-refractivity contribution < 1.29 is 18.3 Å². The highest BCUT2D eigenvalue weighted by Gasteiger charge is 2.35. The molecule has 0 spiro atoms. The molecule has 0 saturated heterocycles. The number of fused-ring (bicyclic) bond motifs is 1. The number of carbonyl (C=O) groups excluding carboxylic acids is 1. The Morgan fingerprint density at radius 1 is 1.19 bits per heavy atom. The first-order valence-electron chi connectivity index (χ1n) is 9.70. The standard InChI is InChI=1S/C22H20F2N4O2S/c1-3-30-20(29)18-13(2)25-21-26-22(31-12-14-5-4-6-17(24)11-14)27-28(21)19(18)15-7-9-16(23)10-8-15/h4-11,19H,3,12H2,1-2H3,(H,25,26,27). The van der Waals surface area contributed by atoms with E-state index in [0.717, 1.165) is 5.56 Å². The van der Waals surface area contributed by atoms with Gasteiger partial charge in [0.1, 0.15) is 17.7 Å². The van der Waals surface area contributed by atoms with Crippen molar-refractivity contribution in [1.82, 2.24) is 14.8 Å². The Bertz CT molecular complexity index is 1140. The number of carbonyl (C=O) groups is 1. The van der Waals surface area contributed by atoms with Crippen LogP contribution in [0.5, 0.6) is 0 Å². The minimum atomic E-state index is -0.619. The molecule has 1 aliphatic rings. The summed E-state index contributed by atoms with van der Waals surface area (Å²) in [6.07, 6.45) is 0. The van der Waals surface area contributed by atoms with Crippen LogP contribution in [0.1, 0.15) is 31.0 Å². The largest absolute Gasteiger partial charge is 0.463 e. The molecule has 3 aromatic rings. The fourth-order valence-electron chi connectivity index (χ4n) is 3.39. The second kappa shape index (κ2) is 8.89. The molecule has 6 nitrogen and oxygen atoms in total. The first kappa shape index (κ1) is 21.0. The van der Waals surface area contributed by atoms with Crippen molar-refractivity contribution in [2.45, 2.75) is 30.8 Å². The highest BCUT2D eigenvalue weighted by atomic mass is 32.2. The number of benzene rings is 2. The van der Waals surface area contributed by atoms with Gasteiger partial charge in [0.05, 0.1) is 12.2 Å². The smallest absolute Gasteiger partial charge is 0.338 e. The van der Waals surface area contributed by atoms with Crippen molar-refractivity contribution in [1.29, 1.82) is 0 Å². The fourth-order valence-corrected chi connectivity index (χ4v) is 4.17. The van der Waals surface area contributed by atoms with Crippen molar-refractivity contribution in [3.05, 3.63) is 82.6 Å². The molecular weight excluding hydrogens is 422 g/mol. The van der Waals surface area contributed by atoms with E-state index < -0.39 is 12.0 Å². The highest BCUT2D eigenvalue weighted by Crippen LogP contribution is 2.37. The average Bonchev–Trinajstić information content (AvgIpc) is 3.14. The molecule has 0 radical (unpaired) electrons. The summed E-state index contributed by atoms with van der Waals surface area (Å²) >= 11 is 1.35. The summed E-state index contributed by atoms with van der Waals surface area (Å²) in [6, 6.07) is 11.6. The van der Waals surface area contributed by atoms with Crippen molar-refractivity contribution in [2.75, 3.05) is 11.9 Å². The molecule has 0 bridgehead atoms. The second-order valence-electron chi connectivity index (χ2n) is 6.92. The molecule has 4 rings (SSSR count). The van der Waals surface area contributed by atoms with Crippen molar-refractivity contribution >= 4 is 23.7 Å². The molecule has 2 aromatic carbocycles. The number of nitrogens with one attached hydrogen (secondary N) is 1. The minimum absolute atomic E-state index is 0.227. The zero-order chi connectivity index (χ0) is 22.0. The third-order valence-corrected chi connectivity index (χ3v) is 5.68. The van der Waals surface area contributed by atoms with Gasteiger partial charge in [0, 0.05) is 11.4 Å². The monoisotopic (exact) mass is 442 g/mol. The number of esters is 1. The van der Waals surface area contributed by atoms with E-state index >= 15 is 0 Å². The van der Waals surface area contributed by atoms with Gasteiger partial charge < -0.3 is 10.1 Å². The topological polar surface area (TPSA) is 69.0 Å². The Kier molecular flexibility index (Phi) is 6.03. The summed E-state index contributed by atoms with van der Waals surface area (Å²) < 4.78 is 33.8. The average molecular weight is 442 g/mol. The van der Waals surface area contributed by atoms with Gasteiger partial charge in [-0.2, -0.15) is 4.98 Å². The number of aromatic nitrogens is 3. The summed E-state index contributed by atoms with van der Waals surface area (Å²) in [5.74, 6) is -0.202. The van der Waals surface area contributed by atoms with E-state index in [-0.39, 0.29) is 18.2 Å². The number of rotatable bonds is 6. The lowest BCUT2D eigenvalue weighted by Crippen LogP contribution is -2.29. The summed E-state index contributed by atoms with van der Waals surface area (Å²) in [5, 5.41) is 8.15. The minimum Gasteiger partial charge on any atom is -0.463 e. The Labute approximate surface area is 182 Å². The van der Waals surface area contributed by atoms with Crippen LogP contribution in [-0.2, 0) is 15.3 Å².